The number of nitrogens with zero attached hydrogens (tertiary/aromatic N) is 6. The molecule has 1 aromatic carbocycles. The summed E-state index contributed by atoms with van der Waals surface area (Å²) in [6.45, 7) is 5.48. The van der Waals surface area contributed by atoms with Crippen LogP contribution in [-0.2, 0) is 0 Å². The molecule has 2 N–H and O–H groups in total. The van der Waals surface area contributed by atoms with Crippen LogP contribution in [0.25, 0.3) is 21.9 Å². The van der Waals surface area contributed by atoms with Gasteiger partial charge in [-0.3, -0.25) is 0 Å². The number of anilines is 2. The molecular weight excluding hydrogens is 437 g/mol. The number of halogens is 1. The Balaban J connectivity index is 1.56. The number of nitrogens with one attached hydrogen (secondary N) is 1. The molecule has 0 spiro atoms. The summed E-state index contributed by atoms with van der Waals surface area (Å²) in [5, 5.41) is 14.4. The van der Waals surface area contributed by atoms with E-state index in [2.05, 4.69) is 25.2 Å². The number of aryl methyl sites for hydroxylation is 1. The van der Waals surface area contributed by atoms with Crippen LogP contribution >= 0.6 is 0 Å². The second kappa shape index (κ2) is 8.69. The van der Waals surface area contributed by atoms with Gasteiger partial charge in [0.1, 0.15) is 23.8 Å². The van der Waals surface area contributed by atoms with E-state index in [1.165, 1.54) is 17.3 Å². The molecule has 1 amide bonds. The monoisotopic (exact) mass is 461 g/mol. The highest BCUT2D eigenvalue weighted by Gasteiger charge is 2.26. The van der Waals surface area contributed by atoms with Gasteiger partial charge in [0.2, 0.25) is 0 Å². The van der Waals surface area contributed by atoms with Crippen LogP contribution in [0.15, 0.2) is 42.9 Å². The van der Waals surface area contributed by atoms with Crippen molar-refractivity contribution in [3.63, 3.8) is 0 Å². The second-order valence-corrected chi connectivity index (χ2v) is 8.36. The summed E-state index contributed by atoms with van der Waals surface area (Å²) in [5.41, 5.74) is 2.60. The predicted octanol–water partition coefficient (Wildman–Crippen LogP) is 3.99. The predicted molar refractivity (Wildman–Crippen MR) is 128 cm³/mol. The molecule has 34 heavy (non-hydrogen) atoms. The standard InChI is InChI=1S/C24H24FN7O2/c1-14-19(25)6-5-16-12-18(15(2)29-22-17-4-3-7-26-21(17)27-13-28-22)23(30-20(14)16)31-8-10-32(11-9-31)24(33)34/h3-7,12-13,15H,8-11H2,1-2H3,(H,33,34)(H,26,27,28,29). The number of carbonyl (C=O) groups is 1. The minimum absolute atomic E-state index is 0.201. The van der Waals surface area contributed by atoms with Crippen LogP contribution in [0.4, 0.5) is 20.8 Å². The Kier molecular flexibility index (Phi) is 5.56. The zero-order valence-electron chi connectivity index (χ0n) is 18.9. The van der Waals surface area contributed by atoms with Gasteiger partial charge in [0, 0.05) is 48.9 Å². The zero-order valence-corrected chi connectivity index (χ0v) is 18.9. The molecule has 1 unspecified atom stereocenters. The first-order chi connectivity index (χ1) is 16.4. The van der Waals surface area contributed by atoms with Crippen molar-refractivity contribution in [3.8, 4) is 0 Å². The topological polar surface area (TPSA) is 107 Å². The Morgan fingerprint density at radius 2 is 1.94 bits per heavy atom. The number of hydrogen-bond acceptors (Lipinski definition) is 7. The van der Waals surface area contributed by atoms with Crippen molar-refractivity contribution >= 4 is 39.7 Å². The van der Waals surface area contributed by atoms with Crippen LogP contribution in [0.2, 0.25) is 0 Å². The van der Waals surface area contributed by atoms with Gasteiger partial charge in [0.05, 0.1) is 16.9 Å². The summed E-state index contributed by atoms with van der Waals surface area (Å²) in [7, 11) is 0. The van der Waals surface area contributed by atoms with Gasteiger partial charge in [-0.1, -0.05) is 0 Å². The van der Waals surface area contributed by atoms with Crippen molar-refractivity contribution in [2.75, 3.05) is 36.4 Å². The van der Waals surface area contributed by atoms with Gasteiger partial charge in [-0.2, -0.15) is 0 Å². The highest BCUT2D eigenvalue weighted by molar-refractivity contribution is 5.87. The maximum atomic E-state index is 14.3. The SMILES string of the molecule is Cc1c(F)ccc2cc(C(C)Nc3ncnc4ncccc34)c(N3CCN(C(=O)O)CC3)nc12. The first-order valence-electron chi connectivity index (χ1n) is 11.1. The van der Waals surface area contributed by atoms with Crippen LogP contribution < -0.4 is 10.2 Å². The molecule has 10 heteroatoms. The van der Waals surface area contributed by atoms with Gasteiger partial charge in [-0.15, -0.1) is 0 Å². The number of carboxylic acid groups (broad SMARTS) is 1. The van der Waals surface area contributed by atoms with E-state index in [0.717, 1.165) is 16.3 Å². The Morgan fingerprint density at radius 3 is 2.71 bits per heavy atom. The summed E-state index contributed by atoms with van der Waals surface area (Å²) >= 11 is 0. The average molecular weight is 462 g/mol. The second-order valence-electron chi connectivity index (χ2n) is 8.36. The maximum Gasteiger partial charge on any atom is 0.407 e. The highest BCUT2D eigenvalue weighted by atomic mass is 19.1. The number of hydrogen-bond donors (Lipinski definition) is 2. The van der Waals surface area contributed by atoms with Crippen LogP contribution in [0.3, 0.4) is 0 Å². The van der Waals surface area contributed by atoms with E-state index in [0.29, 0.717) is 54.5 Å². The number of piperazine rings is 1. The normalized spacial score (nSPS) is 15.0. The van der Waals surface area contributed by atoms with Crippen molar-refractivity contribution in [1.29, 1.82) is 0 Å². The molecule has 0 radical (unpaired) electrons. The summed E-state index contributed by atoms with van der Waals surface area (Å²) in [6, 6.07) is 8.76. The van der Waals surface area contributed by atoms with Crippen molar-refractivity contribution in [1.82, 2.24) is 24.8 Å². The number of rotatable bonds is 4. The van der Waals surface area contributed by atoms with Crippen molar-refractivity contribution in [2.45, 2.75) is 19.9 Å². The molecule has 1 saturated heterocycles. The molecule has 0 saturated carbocycles. The fraction of sp³-hybridized carbons (Fsp3) is 0.292. The van der Waals surface area contributed by atoms with E-state index < -0.39 is 6.09 Å². The number of aromatic nitrogens is 4. The molecular formula is C24H24FN7O2. The van der Waals surface area contributed by atoms with Gasteiger partial charge in [0.15, 0.2) is 5.65 Å². The fourth-order valence-electron chi connectivity index (χ4n) is 4.34. The average Bonchev–Trinajstić information content (AvgIpc) is 2.86. The van der Waals surface area contributed by atoms with Gasteiger partial charge in [-0.05, 0) is 44.2 Å². The van der Waals surface area contributed by atoms with Gasteiger partial charge < -0.3 is 20.2 Å². The number of benzene rings is 1. The van der Waals surface area contributed by atoms with Crippen LogP contribution in [0.5, 0.6) is 0 Å². The van der Waals surface area contributed by atoms with Crippen LogP contribution in [0.1, 0.15) is 24.1 Å². The van der Waals surface area contributed by atoms with Crippen molar-refractivity contribution in [3.05, 3.63) is 59.8 Å². The zero-order chi connectivity index (χ0) is 23.8. The summed E-state index contributed by atoms with van der Waals surface area (Å²) in [6.07, 6.45) is 2.23. The quantitative estimate of drug-likeness (QED) is 0.470. The molecule has 5 rings (SSSR count). The smallest absolute Gasteiger partial charge is 0.407 e. The number of amides is 1. The van der Waals surface area contributed by atoms with Crippen molar-refractivity contribution in [2.24, 2.45) is 0 Å². The van der Waals surface area contributed by atoms with E-state index in [1.54, 1.807) is 19.2 Å². The van der Waals surface area contributed by atoms with E-state index in [4.69, 9.17) is 4.98 Å². The lowest BCUT2D eigenvalue weighted by Crippen LogP contribution is -2.49. The van der Waals surface area contributed by atoms with E-state index in [-0.39, 0.29) is 11.9 Å². The van der Waals surface area contributed by atoms with E-state index in [9.17, 15) is 14.3 Å². The minimum atomic E-state index is -0.927. The summed E-state index contributed by atoms with van der Waals surface area (Å²) in [4.78, 5) is 32.6. The van der Waals surface area contributed by atoms with E-state index in [1.807, 2.05) is 25.1 Å². The molecule has 1 aliphatic rings. The molecule has 4 heterocycles. The Labute approximate surface area is 195 Å². The Bertz CT molecular complexity index is 1380. The molecule has 174 valence electrons. The largest absolute Gasteiger partial charge is 0.465 e. The summed E-state index contributed by atoms with van der Waals surface area (Å²) < 4.78 is 14.3. The van der Waals surface area contributed by atoms with Crippen LogP contribution in [-0.4, -0.2) is 62.2 Å². The fourth-order valence-corrected chi connectivity index (χ4v) is 4.34. The van der Waals surface area contributed by atoms with Crippen molar-refractivity contribution < 1.29 is 14.3 Å². The van der Waals surface area contributed by atoms with E-state index >= 15 is 0 Å². The Morgan fingerprint density at radius 1 is 1.15 bits per heavy atom. The van der Waals surface area contributed by atoms with Gasteiger partial charge in [0.25, 0.3) is 0 Å². The maximum absolute atomic E-state index is 14.3. The Hall–Kier alpha value is -4.08. The lowest BCUT2D eigenvalue weighted by atomic mass is 10.0. The number of fused-ring (bicyclic) bond motifs is 2. The molecule has 0 bridgehead atoms. The molecule has 4 aromatic rings. The molecule has 0 aliphatic carbocycles. The third kappa shape index (κ3) is 3.91. The third-order valence-corrected chi connectivity index (χ3v) is 6.26. The first-order valence-corrected chi connectivity index (χ1v) is 11.1. The molecule has 1 aliphatic heterocycles. The van der Waals surface area contributed by atoms with Gasteiger partial charge >= 0.3 is 6.09 Å². The lowest BCUT2D eigenvalue weighted by Gasteiger charge is -2.35. The third-order valence-electron chi connectivity index (χ3n) is 6.26. The molecule has 3 aromatic heterocycles. The number of pyridine rings is 2. The van der Waals surface area contributed by atoms with Crippen LogP contribution in [0, 0.1) is 12.7 Å². The van der Waals surface area contributed by atoms with Gasteiger partial charge in [-0.25, -0.2) is 29.1 Å². The molecule has 1 fully saturated rings. The molecule has 1 atom stereocenters. The first kappa shape index (κ1) is 21.7. The minimum Gasteiger partial charge on any atom is -0.465 e. The molecule has 9 nitrogen and oxygen atoms in total. The highest BCUT2D eigenvalue weighted by Crippen LogP contribution is 2.33. The lowest BCUT2D eigenvalue weighted by molar-refractivity contribution is 0.142. The summed E-state index contributed by atoms with van der Waals surface area (Å²) in [5.74, 6) is 1.06.